The van der Waals surface area contributed by atoms with Crippen LogP contribution < -0.4 is 5.73 Å². The third-order valence-electron chi connectivity index (χ3n) is 2.06. The lowest BCUT2D eigenvalue weighted by Crippen LogP contribution is -1.95. The number of fused-ring (bicyclic) bond motifs is 1. The molecule has 0 aromatic carbocycles. The summed E-state index contributed by atoms with van der Waals surface area (Å²) >= 11 is 0. The van der Waals surface area contributed by atoms with Crippen molar-refractivity contribution in [3.05, 3.63) is 23.4 Å². The van der Waals surface area contributed by atoms with Gasteiger partial charge in [-0.2, -0.15) is 0 Å². The number of aromatic nitrogens is 1. The largest absolute Gasteiger partial charge is 0.383 e. The monoisotopic (exact) mass is 134 g/mol. The Kier molecular flexibility index (Phi) is 1.13. The smallest absolute Gasteiger partial charge is 0.126 e. The fourth-order valence-corrected chi connectivity index (χ4v) is 1.53. The van der Waals surface area contributed by atoms with E-state index in [1.807, 2.05) is 0 Å². The maximum atomic E-state index is 5.66. The van der Waals surface area contributed by atoms with Gasteiger partial charge in [0.15, 0.2) is 0 Å². The summed E-state index contributed by atoms with van der Waals surface area (Å²) in [5.74, 6) is 0.731. The number of hydrogen-bond donors (Lipinski definition) is 1. The van der Waals surface area contributed by atoms with E-state index in [-0.39, 0.29) is 0 Å². The molecule has 1 aromatic heterocycles. The summed E-state index contributed by atoms with van der Waals surface area (Å²) in [5.41, 5.74) is 8.34. The Labute approximate surface area is 60.1 Å². The summed E-state index contributed by atoms with van der Waals surface area (Å²) in [4.78, 5) is 4.03. The Morgan fingerprint density at radius 1 is 1.40 bits per heavy atom. The van der Waals surface area contributed by atoms with Gasteiger partial charge < -0.3 is 5.73 Å². The first-order valence-corrected chi connectivity index (χ1v) is 3.60. The van der Waals surface area contributed by atoms with Gasteiger partial charge in [-0.05, 0) is 36.5 Å². The van der Waals surface area contributed by atoms with E-state index in [2.05, 4.69) is 11.1 Å². The fraction of sp³-hybridized carbons (Fsp3) is 0.375. The van der Waals surface area contributed by atoms with E-state index < -0.39 is 0 Å². The van der Waals surface area contributed by atoms with E-state index in [9.17, 15) is 0 Å². The highest BCUT2D eigenvalue weighted by molar-refractivity contribution is 5.46. The Bertz CT molecular complexity index is 255. The van der Waals surface area contributed by atoms with Gasteiger partial charge in [0.25, 0.3) is 0 Å². The number of nitrogens with zero attached hydrogens (tertiary/aromatic N) is 1. The van der Waals surface area contributed by atoms with Gasteiger partial charge in [-0.1, -0.05) is 0 Å². The van der Waals surface area contributed by atoms with Crippen LogP contribution in [-0.2, 0) is 12.8 Å². The normalized spacial score (nSPS) is 15.2. The van der Waals surface area contributed by atoms with Gasteiger partial charge in [-0.25, -0.2) is 4.98 Å². The SMILES string of the molecule is Nc1nccc2c1CCC2. The van der Waals surface area contributed by atoms with Crippen LogP contribution >= 0.6 is 0 Å². The van der Waals surface area contributed by atoms with Gasteiger partial charge in [0.05, 0.1) is 0 Å². The van der Waals surface area contributed by atoms with Crippen LogP contribution in [0.2, 0.25) is 0 Å². The number of aryl methyl sites for hydroxylation is 1. The Balaban J connectivity index is 2.59. The lowest BCUT2D eigenvalue weighted by molar-refractivity contribution is 0.912. The van der Waals surface area contributed by atoms with Crippen molar-refractivity contribution in [3.63, 3.8) is 0 Å². The zero-order valence-electron chi connectivity index (χ0n) is 5.80. The zero-order valence-corrected chi connectivity index (χ0v) is 5.80. The molecule has 0 radical (unpaired) electrons. The highest BCUT2D eigenvalue weighted by Crippen LogP contribution is 2.24. The molecule has 2 nitrogen and oxygen atoms in total. The minimum Gasteiger partial charge on any atom is -0.383 e. The quantitative estimate of drug-likeness (QED) is 0.578. The predicted octanol–water partition coefficient (Wildman–Crippen LogP) is 1.15. The van der Waals surface area contributed by atoms with Crippen molar-refractivity contribution in [3.8, 4) is 0 Å². The van der Waals surface area contributed by atoms with Gasteiger partial charge >= 0.3 is 0 Å². The van der Waals surface area contributed by atoms with E-state index in [0.717, 1.165) is 12.2 Å². The second-order valence-electron chi connectivity index (χ2n) is 2.69. The molecule has 1 aliphatic carbocycles. The zero-order chi connectivity index (χ0) is 6.97. The molecule has 1 aromatic rings. The number of nitrogens with two attached hydrogens (primary N) is 1. The molecule has 1 heterocycles. The summed E-state index contributed by atoms with van der Waals surface area (Å²) in [6, 6.07) is 2.07. The standard InChI is InChI=1S/C8H10N2/c9-8-7-3-1-2-6(7)4-5-10-8/h4-5H,1-3H2,(H2,9,10). The second-order valence-corrected chi connectivity index (χ2v) is 2.69. The van der Waals surface area contributed by atoms with Crippen LogP contribution in [-0.4, -0.2) is 4.98 Å². The van der Waals surface area contributed by atoms with Crippen LogP contribution in [0.1, 0.15) is 17.5 Å². The summed E-state index contributed by atoms with van der Waals surface area (Å²) in [7, 11) is 0. The molecule has 0 aliphatic heterocycles. The lowest BCUT2D eigenvalue weighted by atomic mass is 10.2. The Hall–Kier alpha value is -1.05. The van der Waals surface area contributed by atoms with Crippen molar-refractivity contribution < 1.29 is 0 Å². The van der Waals surface area contributed by atoms with Gasteiger partial charge in [-0.3, -0.25) is 0 Å². The first kappa shape index (κ1) is 5.71. The van der Waals surface area contributed by atoms with Crippen LogP contribution in [0.15, 0.2) is 12.3 Å². The third-order valence-corrected chi connectivity index (χ3v) is 2.06. The highest BCUT2D eigenvalue weighted by atomic mass is 14.8. The summed E-state index contributed by atoms with van der Waals surface area (Å²) in [5, 5.41) is 0. The molecule has 52 valence electrons. The molecule has 2 rings (SSSR count). The average molecular weight is 134 g/mol. The van der Waals surface area contributed by atoms with Crippen LogP contribution in [0.25, 0.3) is 0 Å². The number of nitrogen functional groups attached to an aromatic ring is 1. The van der Waals surface area contributed by atoms with E-state index >= 15 is 0 Å². The van der Waals surface area contributed by atoms with Crippen molar-refractivity contribution in [1.82, 2.24) is 4.98 Å². The molecule has 1 aliphatic rings. The summed E-state index contributed by atoms with van der Waals surface area (Å²) in [6.45, 7) is 0. The molecule has 0 spiro atoms. The first-order chi connectivity index (χ1) is 4.88. The minimum atomic E-state index is 0.731. The van der Waals surface area contributed by atoms with E-state index in [4.69, 9.17) is 5.73 Å². The van der Waals surface area contributed by atoms with Crippen molar-refractivity contribution in [2.75, 3.05) is 5.73 Å². The third kappa shape index (κ3) is 0.685. The molecule has 0 saturated heterocycles. The molecular formula is C8H10N2. The van der Waals surface area contributed by atoms with Crippen molar-refractivity contribution in [2.24, 2.45) is 0 Å². The molecule has 10 heavy (non-hydrogen) atoms. The van der Waals surface area contributed by atoms with E-state index in [1.54, 1.807) is 6.20 Å². The molecule has 2 heteroatoms. The maximum Gasteiger partial charge on any atom is 0.126 e. The van der Waals surface area contributed by atoms with Crippen LogP contribution in [0, 0.1) is 0 Å². The predicted molar refractivity (Wildman–Crippen MR) is 40.7 cm³/mol. The number of pyridine rings is 1. The average Bonchev–Trinajstić information content (AvgIpc) is 2.36. The summed E-state index contributed by atoms with van der Waals surface area (Å²) in [6.07, 6.45) is 5.34. The van der Waals surface area contributed by atoms with Crippen LogP contribution in [0.4, 0.5) is 5.82 Å². The van der Waals surface area contributed by atoms with Crippen molar-refractivity contribution >= 4 is 5.82 Å². The molecule has 0 bridgehead atoms. The van der Waals surface area contributed by atoms with Crippen molar-refractivity contribution in [1.29, 1.82) is 0 Å². The molecular weight excluding hydrogens is 124 g/mol. The highest BCUT2D eigenvalue weighted by Gasteiger charge is 2.12. The molecule has 0 unspecified atom stereocenters. The fourth-order valence-electron chi connectivity index (χ4n) is 1.53. The van der Waals surface area contributed by atoms with Gasteiger partial charge in [-0.15, -0.1) is 0 Å². The lowest BCUT2D eigenvalue weighted by Gasteiger charge is -1.99. The maximum absolute atomic E-state index is 5.66. The van der Waals surface area contributed by atoms with E-state index in [1.165, 1.54) is 24.0 Å². The molecule has 0 fully saturated rings. The summed E-state index contributed by atoms with van der Waals surface area (Å²) < 4.78 is 0. The minimum absolute atomic E-state index is 0.731. The topological polar surface area (TPSA) is 38.9 Å². The van der Waals surface area contributed by atoms with Gasteiger partial charge in [0, 0.05) is 6.20 Å². The van der Waals surface area contributed by atoms with Crippen LogP contribution in [0.5, 0.6) is 0 Å². The molecule has 0 saturated carbocycles. The van der Waals surface area contributed by atoms with Crippen molar-refractivity contribution in [2.45, 2.75) is 19.3 Å². The number of anilines is 1. The molecule has 0 amide bonds. The van der Waals surface area contributed by atoms with Gasteiger partial charge in [0.1, 0.15) is 5.82 Å². The Morgan fingerprint density at radius 3 is 3.10 bits per heavy atom. The number of hydrogen-bond acceptors (Lipinski definition) is 2. The van der Waals surface area contributed by atoms with E-state index in [0.29, 0.717) is 0 Å². The Morgan fingerprint density at radius 2 is 2.30 bits per heavy atom. The molecule has 0 atom stereocenters. The first-order valence-electron chi connectivity index (χ1n) is 3.60. The number of rotatable bonds is 0. The second kappa shape index (κ2) is 1.97. The van der Waals surface area contributed by atoms with Crippen LogP contribution in [0.3, 0.4) is 0 Å². The van der Waals surface area contributed by atoms with Gasteiger partial charge in [0.2, 0.25) is 0 Å². The molecule has 2 N–H and O–H groups in total.